The van der Waals surface area contributed by atoms with E-state index in [0.29, 0.717) is 24.3 Å². The second kappa shape index (κ2) is 8.62. The summed E-state index contributed by atoms with van der Waals surface area (Å²) in [6.07, 6.45) is 1.60. The fourth-order valence-corrected chi connectivity index (χ4v) is 4.58. The van der Waals surface area contributed by atoms with Crippen LogP contribution in [0.15, 0.2) is 47.4 Å². The van der Waals surface area contributed by atoms with Crippen molar-refractivity contribution in [1.29, 1.82) is 0 Å². The molecule has 1 aliphatic heterocycles. The first-order valence-electron chi connectivity index (χ1n) is 9.24. The van der Waals surface area contributed by atoms with E-state index in [2.05, 4.69) is 5.32 Å². The van der Waals surface area contributed by atoms with E-state index in [4.69, 9.17) is 4.74 Å². The monoisotopic (exact) mass is 418 g/mol. The Bertz CT molecular complexity index is 1010. The number of hydrogen-bond donors (Lipinski definition) is 2. The van der Waals surface area contributed by atoms with Crippen LogP contribution in [0, 0.1) is 0 Å². The van der Waals surface area contributed by atoms with Crippen LogP contribution in [0.2, 0.25) is 0 Å². The second-order valence-electron chi connectivity index (χ2n) is 6.54. The predicted octanol–water partition coefficient (Wildman–Crippen LogP) is 2.61. The lowest BCUT2D eigenvalue weighted by atomic mass is 10.1. The first kappa shape index (κ1) is 20.8. The Morgan fingerprint density at radius 2 is 1.76 bits per heavy atom. The third-order valence-corrected chi connectivity index (χ3v) is 6.46. The van der Waals surface area contributed by atoms with Crippen LogP contribution in [0.5, 0.6) is 5.75 Å². The molecule has 0 saturated carbocycles. The van der Waals surface area contributed by atoms with Crippen molar-refractivity contribution in [2.45, 2.75) is 24.7 Å². The standard InChI is InChI=1S/C20H22N2O6S/c1-2-28-20(25)14-5-7-15(8-6-14)21-19(24)17-13-16(9-10-18(17)23)29(26,27)22-11-3-4-12-22/h5-10,13,23H,2-4,11-12H2,1H3,(H,21,24). The van der Waals surface area contributed by atoms with E-state index in [-0.39, 0.29) is 22.8 Å². The highest BCUT2D eigenvalue weighted by molar-refractivity contribution is 7.89. The molecule has 0 atom stereocenters. The number of carbonyl (C=O) groups excluding carboxylic acids is 2. The van der Waals surface area contributed by atoms with E-state index in [1.54, 1.807) is 6.92 Å². The molecule has 0 radical (unpaired) electrons. The molecule has 0 bridgehead atoms. The maximum atomic E-state index is 12.7. The van der Waals surface area contributed by atoms with E-state index in [0.717, 1.165) is 12.8 Å². The number of esters is 1. The quantitative estimate of drug-likeness (QED) is 0.697. The number of rotatable bonds is 6. The SMILES string of the molecule is CCOC(=O)c1ccc(NC(=O)c2cc(S(=O)(=O)N3CCCC3)ccc2O)cc1. The zero-order chi connectivity index (χ0) is 21.0. The first-order chi connectivity index (χ1) is 13.8. The van der Waals surface area contributed by atoms with Gasteiger partial charge in [-0.1, -0.05) is 0 Å². The number of nitrogens with zero attached hydrogens (tertiary/aromatic N) is 1. The van der Waals surface area contributed by atoms with Crippen molar-refractivity contribution in [2.24, 2.45) is 0 Å². The van der Waals surface area contributed by atoms with E-state index < -0.39 is 21.9 Å². The number of aromatic hydroxyl groups is 1. The number of hydrogen-bond acceptors (Lipinski definition) is 6. The summed E-state index contributed by atoms with van der Waals surface area (Å²) >= 11 is 0. The number of sulfonamides is 1. The lowest BCUT2D eigenvalue weighted by Crippen LogP contribution is -2.28. The summed E-state index contributed by atoms with van der Waals surface area (Å²) in [5, 5.41) is 12.6. The zero-order valence-electron chi connectivity index (χ0n) is 15.9. The summed E-state index contributed by atoms with van der Waals surface area (Å²) < 4.78 is 31.7. The van der Waals surface area contributed by atoms with Crippen LogP contribution in [0.25, 0.3) is 0 Å². The predicted molar refractivity (Wildman–Crippen MR) is 106 cm³/mol. The summed E-state index contributed by atoms with van der Waals surface area (Å²) in [5.41, 5.74) is 0.571. The van der Waals surface area contributed by atoms with Gasteiger partial charge in [0.2, 0.25) is 10.0 Å². The highest BCUT2D eigenvalue weighted by atomic mass is 32.2. The maximum Gasteiger partial charge on any atom is 0.338 e. The summed E-state index contributed by atoms with van der Waals surface area (Å²) in [6.45, 7) is 2.85. The van der Waals surface area contributed by atoms with Crippen molar-refractivity contribution in [3.8, 4) is 5.75 Å². The number of amides is 1. The molecule has 154 valence electrons. The Balaban J connectivity index is 1.79. The fourth-order valence-electron chi connectivity index (χ4n) is 3.04. The third kappa shape index (κ3) is 4.57. The molecule has 2 aromatic carbocycles. The van der Waals surface area contributed by atoms with E-state index >= 15 is 0 Å². The van der Waals surface area contributed by atoms with E-state index in [1.807, 2.05) is 0 Å². The van der Waals surface area contributed by atoms with Gasteiger partial charge in [0.1, 0.15) is 5.75 Å². The Morgan fingerprint density at radius 1 is 1.10 bits per heavy atom. The van der Waals surface area contributed by atoms with Crippen LogP contribution in [-0.4, -0.2) is 49.4 Å². The highest BCUT2D eigenvalue weighted by Crippen LogP contribution is 2.26. The van der Waals surface area contributed by atoms with Crippen LogP contribution in [0.4, 0.5) is 5.69 Å². The minimum atomic E-state index is -3.71. The average molecular weight is 418 g/mol. The largest absolute Gasteiger partial charge is 0.507 e. The van der Waals surface area contributed by atoms with Gasteiger partial charge >= 0.3 is 5.97 Å². The van der Waals surface area contributed by atoms with E-state index in [1.165, 1.54) is 46.8 Å². The Labute approximate surface area is 169 Å². The molecule has 0 aliphatic carbocycles. The van der Waals surface area contributed by atoms with Crippen molar-refractivity contribution >= 4 is 27.6 Å². The molecular formula is C20H22N2O6S. The Kier molecular flexibility index (Phi) is 6.19. The summed E-state index contributed by atoms with van der Waals surface area (Å²) in [4.78, 5) is 24.2. The molecule has 0 unspecified atom stereocenters. The number of phenols is 1. The van der Waals surface area contributed by atoms with Crippen molar-refractivity contribution < 1.29 is 27.9 Å². The number of carbonyl (C=O) groups is 2. The fraction of sp³-hybridized carbons (Fsp3) is 0.300. The van der Waals surface area contributed by atoms with Crippen molar-refractivity contribution in [3.63, 3.8) is 0 Å². The van der Waals surface area contributed by atoms with Crippen LogP contribution >= 0.6 is 0 Å². The molecule has 8 nitrogen and oxygen atoms in total. The number of phenolic OH excluding ortho intramolecular Hbond substituents is 1. The number of anilines is 1. The van der Waals surface area contributed by atoms with Gasteiger partial charge in [0.25, 0.3) is 5.91 Å². The third-order valence-electron chi connectivity index (χ3n) is 4.57. The van der Waals surface area contributed by atoms with Gasteiger partial charge in [-0.3, -0.25) is 4.79 Å². The zero-order valence-corrected chi connectivity index (χ0v) is 16.7. The van der Waals surface area contributed by atoms with Gasteiger partial charge in [0, 0.05) is 18.8 Å². The number of benzene rings is 2. The summed E-state index contributed by atoms with van der Waals surface area (Å²) in [7, 11) is -3.71. The molecule has 1 saturated heterocycles. The molecule has 1 fully saturated rings. The summed E-state index contributed by atoms with van der Waals surface area (Å²) in [6, 6.07) is 9.70. The van der Waals surface area contributed by atoms with Crippen LogP contribution in [0.1, 0.15) is 40.5 Å². The van der Waals surface area contributed by atoms with Gasteiger partial charge < -0.3 is 15.2 Å². The minimum absolute atomic E-state index is 0.0417. The van der Waals surface area contributed by atoms with Crippen LogP contribution in [0.3, 0.4) is 0 Å². The van der Waals surface area contributed by atoms with Gasteiger partial charge in [-0.25, -0.2) is 13.2 Å². The van der Waals surface area contributed by atoms with Crippen LogP contribution in [-0.2, 0) is 14.8 Å². The molecule has 9 heteroatoms. The average Bonchev–Trinajstić information content (AvgIpc) is 3.24. The smallest absolute Gasteiger partial charge is 0.338 e. The molecule has 29 heavy (non-hydrogen) atoms. The van der Waals surface area contributed by atoms with Crippen molar-refractivity contribution in [1.82, 2.24) is 4.31 Å². The lowest BCUT2D eigenvalue weighted by molar-refractivity contribution is 0.0526. The lowest BCUT2D eigenvalue weighted by Gasteiger charge is -2.16. The van der Waals surface area contributed by atoms with Crippen LogP contribution < -0.4 is 5.32 Å². The second-order valence-corrected chi connectivity index (χ2v) is 8.48. The molecule has 2 aromatic rings. The van der Waals surface area contributed by atoms with Gasteiger partial charge in [-0.15, -0.1) is 0 Å². The molecule has 1 heterocycles. The summed E-state index contributed by atoms with van der Waals surface area (Å²) in [5.74, 6) is -1.46. The van der Waals surface area contributed by atoms with Crippen molar-refractivity contribution in [2.75, 3.05) is 25.0 Å². The Morgan fingerprint density at radius 3 is 2.38 bits per heavy atom. The van der Waals surface area contributed by atoms with Crippen molar-refractivity contribution in [3.05, 3.63) is 53.6 Å². The van der Waals surface area contributed by atoms with E-state index in [9.17, 15) is 23.1 Å². The highest BCUT2D eigenvalue weighted by Gasteiger charge is 2.28. The topological polar surface area (TPSA) is 113 Å². The maximum absolute atomic E-state index is 12.7. The molecule has 0 spiro atoms. The number of ether oxygens (including phenoxy) is 1. The molecule has 1 aliphatic rings. The van der Waals surface area contributed by atoms with Gasteiger partial charge in [-0.2, -0.15) is 4.31 Å². The molecule has 2 N–H and O–H groups in total. The van der Waals surface area contributed by atoms with Gasteiger partial charge in [0.05, 0.1) is 22.6 Å². The van der Waals surface area contributed by atoms with Gasteiger partial charge in [0.15, 0.2) is 0 Å². The van der Waals surface area contributed by atoms with Gasteiger partial charge in [-0.05, 0) is 62.2 Å². The first-order valence-corrected chi connectivity index (χ1v) is 10.7. The molecular weight excluding hydrogens is 396 g/mol. The minimum Gasteiger partial charge on any atom is -0.507 e. The molecule has 1 amide bonds. The molecule has 3 rings (SSSR count). The molecule has 0 aromatic heterocycles. The number of nitrogens with one attached hydrogen (secondary N) is 1. The normalized spacial score (nSPS) is 14.5. The Hall–Kier alpha value is -2.91.